The van der Waals surface area contributed by atoms with E-state index in [9.17, 15) is 4.79 Å². The molecule has 0 bridgehead atoms. The van der Waals surface area contributed by atoms with Crippen LogP contribution in [0.1, 0.15) is 18.1 Å². The number of rotatable bonds is 5. The maximum Gasteiger partial charge on any atom is 0.411 e. The van der Waals surface area contributed by atoms with E-state index in [1.54, 1.807) is 37.3 Å². The zero-order valence-electron chi connectivity index (χ0n) is 12.2. The molecule has 0 spiro atoms. The minimum absolute atomic E-state index is 0.284. The topological polar surface area (TPSA) is 71.3 Å². The SMILES string of the molecule is CCOC(=O)Nc1cccc(OCc2ccccc2C#N)c1. The molecule has 1 N–H and O–H groups in total. The van der Waals surface area contributed by atoms with E-state index in [1.165, 1.54) is 0 Å². The third-order valence-corrected chi connectivity index (χ3v) is 2.89. The molecule has 1 amide bonds. The van der Waals surface area contributed by atoms with Crippen molar-refractivity contribution in [3.63, 3.8) is 0 Å². The highest BCUT2D eigenvalue weighted by atomic mass is 16.5. The van der Waals surface area contributed by atoms with Crippen LogP contribution in [-0.2, 0) is 11.3 Å². The monoisotopic (exact) mass is 296 g/mol. The van der Waals surface area contributed by atoms with Crippen LogP contribution < -0.4 is 10.1 Å². The molecular formula is C17H16N2O3. The summed E-state index contributed by atoms with van der Waals surface area (Å²) >= 11 is 0. The number of anilines is 1. The van der Waals surface area contributed by atoms with Crippen LogP contribution in [0.3, 0.4) is 0 Å². The zero-order chi connectivity index (χ0) is 15.8. The molecule has 0 aliphatic carbocycles. The lowest BCUT2D eigenvalue weighted by atomic mass is 10.1. The molecule has 22 heavy (non-hydrogen) atoms. The Morgan fingerprint density at radius 1 is 1.23 bits per heavy atom. The van der Waals surface area contributed by atoms with Crippen molar-refractivity contribution in [2.24, 2.45) is 0 Å². The van der Waals surface area contributed by atoms with Crippen LogP contribution in [0.25, 0.3) is 0 Å². The average Bonchev–Trinajstić information content (AvgIpc) is 2.53. The first-order valence-electron chi connectivity index (χ1n) is 6.87. The molecule has 0 saturated heterocycles. The summed E-state index contributed by atoms with van der Waals surface area (Å²) in [4.78, 5) is 11.4. The third-order valence-electron chi connectivity index (χ3n) is 2.89. The molecule has 0 aliphatic rings. The largest absolute Gasteiger partial charge is 0.489 e. The molecule has 0 radical (unpaired) electrons. The van der Waals surface area contributed by atoms with Crippen molar-refractivity contribution in [1.82, 2.24) is 0 Å². The van der Waals surface area contributed by atoms with E-state index < -0.39 is 6.09 Å². The summed E-state index contributed by atoms with van der Waals surface area (Å²) in [6.45, 7) is 2.34. The summed E-state index contributed by atoms with van der Waals surface area (Å²) in [7, 11) is 0. The van der Waals surface area contributed by atoms with Crippen molar-refractivity contribution >= 4 is 11.8 Å². The fourth-order valence-electron chi connectivity index (χ4n) is 1.86. The maximum absolute atomic E-state index is 11.4. The number of carbonyl (C=O) groups excluding carboxylic acids is 1. The Hall–Kier alpha value is -3.00. The highest BCUT2D eigenvalue weighted by Gasteiger charge is 2.05. The van der Waals surface area contributed by atoms with Crippen LogP contribution in [0, 0.1) is 11.3 Å². The predicted molar refractivity (Wildman–Crippen MR) is 82.6 cm³/mol. The summed E-state index contributed by atoms with van der Waals surface area (Å²) in [5, 5.41) is 11.7. The van der Waals surface area contributed by atoms with Crippen molar-refractivity contribution in [1.29, 1.82) is 5.26 Å². The Bertz CT molecular complexity index is 692. The quantitative estimate of drug-likeness (QED) is 0.913. The summed E-state index contributed by atoms with van der Waals surface area (Å²) in [6, 6.07) is 16.4. The molecular weight excluding hydrogens is 280 g/mol. The smallest absolute Gasteiger partial charge is 0.411 e. The Kier molecular flexibility index (Phi) is 5.38. The van der Waals surface area contributed by atoms with Gasteiger partial charge in [-0.2, -0.15) is 5.26 Å². The van der Waals surface area contributed by atoms with Crippen LogP contribution in [0.5, 0.6) is 5.75 Å². The Morgan fingerprint density at radius 3 is 2.82 bits per heavy atom. The van der Waals surface area contributed by atoms with E-state index in [2.05, 4.69) is 11.4 Å². The second kappa shape index (κ2) is 7.70. The van der Waals surface area contributed by atoms with Gasteiger partial charge in [0, 0.05) is 17.3 Å². The summed E-state index contributed by atoms with van der Waals surface area (Å²) < 4.78 is 10.5. The normalized spacial score (nSPS) is 9.64. The van der Waals surface area contributed by atoms with Gasteiger partial charge in [-0.25, -0.2) is 4.79 Å². The first-order chi connectivity index (χ1) is 10.7. The van der Waals surface area contributed by atoms with Crippen molar-refractivity contribution in [3.8, 4) is 11.8 Å². The highest BCUT2D eigenvalue weighted by Crippen LogP contribution is 2.19. The van der Waals surface area contributed by atoms with Crippen LogP contribution in [0.4, 0.5) is 10.5 Å². The highest BCUT2D eigenvalue weighted by molar-refractivity contribution is 5.84. The van der Waals surface area contributed by atoms with E-state index in [1.807, 2.05) is 18.2 Å². The van der Waals surface area contributed by atoms with E-state index in [-0.39, 0.29) is 6.61 Å². The minimum Gasteiger partial charge on any atom is -0.489 e. The molecule has 2 aromatic rings. The van der Waals surface area contributed by atoms with Gasteiger partial charge in [0.2, 0.25) is 0 Å². The summed E-state index contributed by atoms with van der Waals surface area (Å²) in [5.41, 5.74) is 1.99. The fraction of sp³-hybridized carbons (Fsp3) is 0.176. The number of hydrogen-bond donors (Lipinski definition) is 1. The second-order valence-corrected chi connectivity index (χ2v) is 4.43. The van der Waals surface area contributed by atoms with E-state index in [0.29, 0.717) is 23.6 Å². The van der Waals surface area contributed by atoms with E-state index >= 15 is 0 Å². The lowest BCUT2D eigenvalue weighted by Gasteiger charge is -2.10. The minimum atomic E-state index is -0.505. The van der Waals surface area contributed by atoms with Crippen LogP contribution in [0.15, 0.2) is 48.5 Å². The molecule has 112 valence electrons. The molecule has 2 rings (SSSR count). The first-order valence-corrected chi connectivity index (χ1v) is 6.87. The number of ether oxygens (including phenoxy) is 2. The van der Waals surface area contributed by atoms with Gasteiger partial charge in [-0.05, 0) is 25.1 Å². The molecule has 0 unspecified atom stereocenters. The maximum atomic E-state index is 11.4. The standard InChI is InChI=1S/C17H16N2O3/c1-2-21-17(20)19-15-8-5-9-16(10-15)22-12-14-7-4-3-6-13(14)11-18/h3-10H,2,12H2,1H3,(H,19,20). The number of nitrogens with one attached hydrogen (secondary N) is 1. The lowest BCUT2D eigenvalue weighted by Crippen LogP contribution is -2.13. The average molecular weight is 296 g/mol. The van der Waals surface area contributed by atoms with E-state index in [0.717, 1.165) is 5.56 Å². The van der Waals surface area contributed by atoms with Crippen molar-refractivity contribution < 1.29 is 14.3 Å². The third kappa shape index (κ3) is 4.25. The van der Waals surface area contributed by atoms with Gasteiger partial charge in [-0.1, -0.05) is 24.3 Å². The molecule has 0 atom stereocenters. The van der Waals surface area contributed by atoms with Crippen molar-refractivity contribution in [2.75, 3.05) is 11.9 Å². The van der Waals surface area contributed by atoms with Crippen molar-refractivity contribution in [2.45, 2.75) is 13.5 Å². The molecule has 0 saturated carbocycles. The first kappa shape index (κ1) is 15.4. The number of nitrogens with zero attached hydrogens (tertiary/aromatic N) is 1. The second-order valence-electron chi connectivity index (χ2n) is 4.43. The molecule has 5 heteroatoms. The molecule has 0 aromatic heterocycles. The van der Waals surface area contributed by atoms with Gasteiger partial charge in [0.1, 0.15) is 12.4 Å². The van der Waals surface area contributed by atoms with Gasteiger partial charge in [0.25, 0.3) is 0 Å². The Balaban J connectivity index is 2.02. The molecule has 0 heterocycles. The van der Waals surface area contributed by atoms with Crippen LogP contribution in [-0.4, -0.2) is 12.7 Å². The van der Waals surface area contributed by atoms with Crippen molar-refractivity contribution in [3.05, 3.63) is 59.7 Å². The van der Waals surface area contributed by atoms with Crippen LogP contribution in [0.2, 0.25) is 0 Å². The van der Waals surface area contributed by atoms with Gasteiger partial charge in [0.05, 0.1) is 18.2 Å². The summed E-state index contributed by atoms with van der Waals surface area (Å²) in [5.74, 6) is 0.599. The molecule has 0 aliphatic heterocycles. The fourth-order valence-corrected chi connectivity index (χ4v) is 1.86. The summed E-state index contributed by atoms with van der Waals surface area (Å²) in [6.07, 6.45) is -0.505. The number of benzene rings is 2. The molecule has 2 aromatic carbocycles. The van der Waals surface area contributed by atoms with Gasteiger partial charge in [-0.15, -0.1) is 0 Å². The van der Waals surface area contributed by atoms with Gasteiger partial charge in [0.15, 0.2) is 0 Å². The molecule has 0 fully saturated rings. The van der Waals surface area contributed by atoms with Gasteiger partial charge < -0.3 is 9.47 Å². The number of carbonyl (C=O) groups is 1. The number of nitriles is 1. The molecule has 5 nitrogen and oxygen atoms in total. The Labute approximate surface area is 129 Å². The number of amides is 1. The van der Waals surface area contributed by atoms with E-state index in [4.69, 9.17) is 14.7 Å². The van der Waals surface area contributed by atoms with Crippen LogP contribution >= 0.6 is 0 Å². The lowest BCUT2D eigenvalue weighted by molar-refractivity contribution is 0.168. The number of hydrogen-bond acceptors (Lipinski definition) is 4. The predicted octanol–water partition coefficient (Wildman–Crippen LogP) is 3.71. The van der Waals surface area contributed by atoms with Gasteiger partial charge >= 0.3 is 6.09 Å². The van der Waals surface area contributed by atoms with Gasteiger partial charge in [-0.3, -0.25) is 5.32 Å². The Morgan fingerprint density at radius 2 is 2.05 bits per heavy atom. The zero-order valence-corrected chi connectivity index (χ0v) is 12.2.